The molecule has 0 spiro atoms. The number of amides is 2. The Kier molecular flexibility index (Phi) is 10.7. The van der Waals surface area contributed by atoms with E-state index in [0.717, 1.165) is 5.56 Å². The summed E-state index contributed by atoms with van der Waals surface area (Å²) in [5.74, 6) is 0.574. The van der Waals surface area contributed by atoms with Gasteiger partial charge in [-0.25, -0.2) is 9.40 Å². The quantitative estimate of drug-likeness (QED) is 0.295. The molecule has 0 bridgehead atoms. The van der Waals surface area contributed by atoms with Gasteiger partial charge in [0.1, 0.15) is 23.9 Å². The Bertz CT molecular complexity index is 1580. The second-order valence-corrected chi connectivity index (χ2v) is 10.8. The van der Waals surface area contributed by atoms with Gasteiger partial charge in [-0.2, -0.15) is 5.10 Å². The maximum Gasteiger partial charge on any atom is 0.262 e. The molecule has 2 aliphatic heterocycles. The molecule has 5 rings (SSSR count). The minimum atomic E-state index is -0.646. The standard InChI is InChI=1S/C34H39FN4O7/c1-42-24-10-11-26(31(20-24)44-3)28-21-29(23-9-12-30(43-2)32(19-23)45-4)39(36-28)33(40)22-38(14-13-37-15-17-46-18-16-37)34(41)25-7-5-6-8-27(25)35/h5-12,19-20,29H,13-18,21-22H2,1-4H3/t29-/m0/s1. The van der Waals surface area contributed by atoms with Crippen LogP contribution >= 0.6 is 0 Å². The first-order valence-corrected chi connectivity index (χ1v) is 15.0. The Morgan fingerprint density at radius 3 is 2.35 bits per heavy atom. The first-order valence-electron chi connectivity index (χ1n) is 15.0. The van der Waals surface area contributed by atoms with Crippen molar-refractivity contribution in [2.45, 2.75) is 12.5 Å². The fourth-order valence-electron chi connectivity index (χ4n) is 5.64. The number of methoxy groups -OCH3 is 4. The molecule has 46 heavy (non-hydrogen) atoms. The van der Waals surface area contributed by atoms with Crippen LogP contribution in [0.3, 0.4) is 0 Å². The summed E-state index contributed by atoms with van der Waals surface area (Å²) in [5.41, 5.74) is 1.99. The number of nitrogens with zero attached hydrogens (tertiary/aromatic N) is 4. The van der Waals surface area contributed by atoms with Crippen molar-refractivity contribution in [2.24, 2.45) is 5.10 Å². The number of carbonyl (C=O) groups excluding carboxylic acids is 2. The minimum Gasteiger partial charge on any atom is -0.497 e. The molecule has 3 aromatic rings. The highest BCUT2D eigenvalue weighted by Crippen LogP contribution is 2.39. The van der Waals surface area contributed by atoms with E-state index in [1.807, 2.05) is 18.2 Å². The van der Waals surface area contributed by atoms with Gasteiger partial charge in [-0.05, 0) is 42.0 Å². The van der Waals surface area contributed by atoms with E-state index in [1.165, 1.54) is 28.1 Å². The zero-order valence-electron chi connectivity index (χ0n) is 26.5. The van der Waals surface area contributed by atoms with Crippen LogP contribution in [0.2, 0.25) is 0 Å². The molecule has 244 valence electrons. The maximum atomic E-state index is 14.8. The van der Waals surface area contributed by atoms with E-state index in [2.05, 4.69) is 4.90 Å². The molecule has 2 aliphatic rings. The lowest BCUT2D eigenvalue weighted by Crippen LogP contribution is -2.46. The largest absolute Gasteiger partial charge is 0.497 e. The number of carbonyl (C=O) groups is 2. The Labute approximate surface area is 268 Å². The van der Waals surface area contributed by atoms with Gasteiger partial charge >= 0.3 is 0 Å². The van der Waals surface area contributed by atoms with Crippen LogP contribution in [-0.2, 0) is 9.53 Å². The number of hydrazone groups is 1. The summed E-state index contributed by atoms with van der Waals surface area (Å²) in [6.07, 6.45) is 0.360. The summed E-state index contributed by atoms with van der Waals surface area (Å²) in [4.78, 5) is 31.5. The summed E-state index contributed by atoms with van der Waals surface area (Å²) < 4.78 is 42.2. The highest BCUT2D eigenvalue weighted by Gasteiger charge is 2.36. The Balaban J connectivity index is 1.49. The third-order valence-electron chi connectivity index (χ3n) is 8.19. The third kappa shape index (κ3) is 7.24. The third-order valence-corrected chi connectivity index (χ3v) is 8.19. The second kappa shape index (κ2) is 15.1. The van der Waals surface area contributed by atoms with Gasteiger partial charge in [-0.3, -0.25) is 14.5 Å². The van der Waals surface area contributed by atoms with Crippen molar-refractivity contribution >= 4 is 17.5 Å². The molecule has 12 heteroatoms. The number of ether oxygens (including phenoxy) is 5. The molecule has 1 atom stereocenters. The lowest BCUT2D eigenvalue weighted by molar-refractivity contribution is -0.133. The van der Waals surface area contributed by atoms with Crippen molar-refractivity contribution < 1.29 is 37.7 Å². The molecule has 0 aromatic heterocycles. The number of halogens is 1. The highest BCUT2D eigenvalue weighted by atomic mass is 19.1. The Hall–Kier alpha value is -4.68. The van der Waals surface area contributed by atoms with E-state index in [9.17, 15) is 14.0 Å². The fourth-order valence-corrected chi connectivity index (χ4v) is 5.64. The van der Waals surface area contributed by atoms with E-state index < -0.39 is 23.7 Å². The van der Waals surface area contributed by atoms with Crippen molar-refractivity contribution in [3.8, 4) is 23.0 Å². The van der Waals surface area contributed by atoms with E-state index in [4.69, 9.17) is 28.8 Å². The summed E-state index contributed by atoms with van der Waals surface area (Å²) in [6, 6.07) is 16.1. The molecule has 11 nitrogen and oxygen atoms in total. The SMILES string of the molecule is COc1ccc(C2=NN(C(=O)CN(CCN3CCOCC3)C(=O)c3ccccc3F)[C@H](c3ccc(OC)c(OC)c3)C2)c(OC)c1. The van der Waals surface area contributed by atoms with E-state index in [-0.39, 0.29) is 18.7 Å². The summed E-state index contributed by atoms with van der Waals surface area (Å²) in [5, 5.41) is 6.20. The van der Waals surface area contributed by atoms with Gasteiger partial charge in [0.15, 0.2) is 11.5 Å². The Morgan fingerprint density at radius 2 is 1.65 bits per heavy atom. The van der Waals surface area contributed by atoms with Crippen molar-refractivity contribution in [1.29, 1.82) is 0 Å². The minimum absolute atomic E-state index is 0.0951. The lowest BCUT2D eigenvalue weighted by Gasteiger charge is -2.31. The first kappa shape index (κ1) is 32.7. The number of morpholine rings is 1. The van der Waals surface area contributed by atoms with Gasteiger partial charge in [-0.15, -0.1) is 0 Å². The molecular weight excluding hydrogens is 595 g/mol. The fraction of sp³-hybridized carbons (Fsp3) is 0.382. The van der Waals surface area contributed by atoms with E-state index in [0.29, 0.717) is 73.5 Å². The van der Waals surface area contributed by atoms with E-state index >= 15 is 0 Å². The molecule has 0 saturated carbocycles. The van der Waals surface area contributed by atoms with Gasteiger partial charge in [0.2, 0.25) is 0 Å². The number of hydrogen-bond acceptors (Lipinski definition) is 9. The van der Waals surface area contributed by atoms with Crippen LogP contribution in [0.15, 0.2) is 65.8 Å². The number of rotatable bonds is 12. The molecule has 2 amide bonds. The average Bonchev–Trinajstić information content (AvgIpc) is 3.55. The van der Waals surface area contributed by atoms with Crippen LogP contribution < -0.4 is 18.9 Å². The number of benzene rings is 3. The van der Waals surface area contributed by atoms with Crippen LogP contribution in [0.25, 0.3) is 0 Å². The van der Waals surface area contributed by atoms with Crippen molar-refractivity contribution in [3.05, 3.63) is 83.2 Å². The molecule has 0 unspecified atom stereocenters. The van der Waals surface area contributed by atoms with Gasteiger partial charge in [0.25, 0.3) is 11.8 Å². The maximum absolute atomic E-state index is 14.8. The van der Waals surface area contributed by atoms with Crippen LogP contribution in [0.1, 0.15) is 33.9 Å². The molecule has 1 saturated heterocycles. The van der Waals surface area contributed by atoms with Crippen LogP contribution in [0.4, 0.5) is 4.39 Å². The molecule has 3 aromatic carbocycles. The lowest BCUT2D eigenvalue weighted by atomic mass is 9.97. The zero-order chi connectivity index (χ0) is 32.6. The van der Waals surface area contributed by atoms with Crippen molar-refractivity contribution in [3.63, 3.8) is 0 Å². The molecule has 2 heterocycles. The molecular formula is C34H39FN4O7. The highest BCUT2D eigenvalue weighted by molar-refractivity contribution is 6.05. The van der Waals surface area contributed by atoms with Crippen molar-refractivity contribution in [2.75, 3.05) is 74.4 Å². The van der Waals surface area contributed by atoms with Crippen LogP contribution in [0.5, 0.6) is 23.0 Å². The van der Waals surface area contributed by atoms with Gasteiger partial charge < -0.3 is 28.6 Å². The van der Waals surface area contributed by atoms with Crippen molar-refractivity contribution in [1.82, 2.24) is 14.8 Å². The molecule has 0 N–H and O–H groups in total. The van der Waals surface area contributed by atoms with Crippen LogP contribution in [-0.4, -0.2) is 107 Å². The van der Waals surface area contributed by atoms with Crippen LogP contribution in [0, 0.1) is 5.82 Å². The summed E-state index contributed by atoms with van der Waals surface area (Å²) in [6.45, 7) is 3.02. The van der Waals surface area contributed by atoms with Gasteiger partial charge in [0, 0.05) is 44.2 Å². The molecule has 0 radical (unpaired) electrons. The van der Waals surface area contributed by atoms with E-state index in [1.54, 1.807) is 52.7 Å². The predicted molar refractivity (Wildman–Crippen MR) is 169 cm³/mol. The smallest absolute Gasteiger partial charge is 0.262 e. The average molecular weight is 635 g/mol. The summed E-state index contributed by atoms with van der Waals surface area (Å²) in [7, 11) is 6.23. The molecule has 0 aliphatic carbocycles. The monoisotopic (exact) mass is 634 g/mol. The van der Waals surface area contributed by atoms with Gasteiger partial charge in [-0.1, -0.05) is 18.2 Å². The normalized spacial score (nSPS) is 16.5. The summed E-state index contributed by atoms with van der Waals surface area (Å²) >= 11 is 0. The second-order valence-electron chi connectivity index (χ2n) is 10.8. The Morgan fingerprint density at radius 1 is 0.913 bits per heavy atom. The first-order chi connectivity index (χ1) is 22.4. The predicted octanol–water partition coefficient (Wildman–Crippen LogP) is 4.01. The topological polar surface area (TPSA) is 102 Å². The number of hydrogen-bond donors (Lipinski definition) is 0. The van der Waals surface area contributed by atoms with Gasteiger partial charge in [0.05, 0.1) is 59.0 Å². The molecule has 1 fully saturated rings. The zero-order valence-corrected chi connectivity index (χ0v) is 26.5.